The van der Waals surface area contributed by atoms with Crippen molar-refractivity contribution in [3.05, 3.63) is 62.7 Å². The maximum Gasteiger partial charge on any atom is 0.272 e. The number of imidazole rings is 1. The minimum atomic E-state index is 0.251. The number of nitrogens with zero attached hydrogens (tertiary/aromatic N) is 4. The second-order valence-electron chi connectivity index (χ2n) is 6.23. The standard InChI is InChI=1S/C19H17BrN4/c1-4-17-23-18-11(2)9-16(21-3)22-19(18)24(17)15-8-5-12-10-13(20)6-7-14(12)15/h6-7,9-10,15H,4-5,8H2,1-2H3/t15-/m0/s1. The SMILES string of the molecule is [C-]#[N+]c1cc(C)c2nc(CC)n([C@H]3CCc4cc(Br)ccc43)c2n1. The van der Waals surface area contributed by atoms with Gasteiger partial charge in [-0.2, -0.15) is 0 Å². The van der Waals surface area contributed by atoms with Gasteiger partial charge >= 0.3 is 0 Å². The average Bonchev–Trinajstić information content (AvgIpc) is 3.14. The highest BCUT2D eigenvalue weighted by molar-refractivity contribution is 9.10. The molecular formula is C19H17BrN4. The molecule has 1 aliphatic carbocycles. The van der Waals surface area contributed by atoms with Gasteiger partial charge in [-0.25, -0.2) is 4.98 Å². The van der Waals surface area contributed by atoms with Gasteiger partial charge in [-0.15, -0.1) is 0 Å². The Morgan fingerprint density at radius 2 is 2.17 bits per heavy atom. The lowest BCUT2D eigenvalue weighted by Crippen LogP contribution is -2.11. The zero-order chi connectivity index (χ0) is 16.8. The Balaban J connectivity index is 1.98. The topological polar surface area (TPSA) is 35.1 Å². The molecule has 0 amide bonds. The van der Waals surface area contributed by atoms with Crippen LogP contribution in [0.15, 0.2) is 28.7 Å². The highest BCUT2D eigenvalue weighted by Gasteiger charge is 2.29. The van der Waals surface area contributed by atoms with Crippen LogP contribution < -0.4 is 0 Å². The molecule has 120 valence electrons. The van der Waals surface area contributed by atoms with Gasteiger partial charge in [0.05, 0.1) is 6.04 Å². The van der Waals surface area contributed by atoms with Gasteiger partial charge < -0.3 is 4.85 Å². The minimum Gasteiger partial charge on any atom is -0.361 e. The van der Waals surface area contributed by atoms with E-state index in [2.05, 4.69) is 55.4 Å². The van der Waals surface area contributed by atoms with Crippen molar-refractivity contribution in [3.63, 3.8) is 0 Å². The summed E-state index contributed by atoms with van der Waals surface area (Å²) in [6.45, 7) is 11.4. The van der Waals surface area contributed by atoms with Crippen molar-refractivity contribution in [3.8, 4) is 0 Å². The molecule has 1 aliphatic rings. The fourth-order valence-corrected chi connectivity index (χ4v) is 4.12. The van der Waals surface area contributed by atoms with Gasteiger partial charge in [0.2, 0.25) is 0 Å². The van der Waals surface area contributed by atoms with Gasteiger partial charge in [0.15, 0.2) is 0 Å². The van der Waals surface area contributed by atoms with Gasteiger partial charge in [-0.05, 0) is 54.7 Å². The van der Waals surface area contributed by atoms with Crippen molar-refractivity contribution < 1.29 is 0 Å². The minimum absolute atomic E-state index is 0.251. The maximum atomic E-state index is 7.32. The second-order valence-corrected chi connectivity index (χ2v) is 7.15. The summed E-state index contributed by atoms with van der Waals surface area (Å²) >= 11 is 3.57. The molecule has 2 aromatic heterocycles. The number of hydrogen-bond donors (Lipinski definition) is 0. The van der Waals surface area contributed by atoms with E-state index in [0.29, 0.717) is 5.82 Å². The van der Waals surface area contributed by atoms with E-state index in [1.165, 1.54) is 11.1 Å². The summed E-state index contributed by atoms with van der Waals surface area (Å²) in [7, 11) is 0. The number of halogens is 1. The van der Waals surface area contributed by atoms with E-state index >= 15 is 0 Å². The molecule has 4 nitrogen and oxygen atoms in total. The molecule has 4 rings (SSSR count). The van der Waals surface area contributed by atoms with E-state index in [9.17, 15) is 0 Å². The molecule has 0 N–H and O–H groups in total. The largest absolute Gasteiger partial charge is 0.361 e. The van der Waals surface area contributed by atoms with E-state index in [-0.39, 0.29) is 6.04 Å². The normalized spacial score (nSPS) is 16.3. The summed E-state index contributed by atoms with van der Waals surface area (Å²) in [5.41, 5.74) is 5.52. The molecule has 5 heteroatoms. The molecule has 0 unspecified atom stereocenters. The van der Waals surface area contributed by atoms with Crippen LogP contribution in [0.3, 0.4) is 0 Å². The Morgan fingerprint density at radius 1 is 1.33 bits per heavy atom. The third-order valence-electron chi connectivity index (χ3n) is 4.79. The van der Waals surface area contributed by atoms with Crippen LogP contribution in [-0.2, 0) is 12.8 Å². The van der Waals surface area contributed by atoms with Crippen LogP contribution in [0.1, 0.15) is 41.9 Å². The first-order chi connectivity index (χ1) is 11.6. The third-order valence-corrected chi connectivity index (χ3v) is 5.29. The van der Waals surface area contributed by atoms with Gasteiger partial charge in [-0.3, -0.25) is 4.57 Å². The molecule has 0 saturated heterocycles. The number of aromatic nitrogens is 3. The molecule has 24 heavy (non-hydrogen) atoms. The molecule has 3 aromatic rings. The number of aryl methyl sites for hydroxylation is 3. The van der Waals surface area contributed by atoms with E-state index < -0.39 is 0 Å². The third kappa shape index (κ3) is 2.25. The van der Waals surface area contributed by atoms with Gasteiger partial charge in [0.25, 0.3) is 11.5 Å². The molecule has 0 radical (unpaired) electrons. The Morgan fingerprint density at radius 3 is 2.92 bits per heavy atom. The molecule has 1 atom stereocenters. The first-order valence-corrected chi connectivity index (χ1v) is 8.96. The van der Waals surface area contributed by atoms with Crippen LogP contribution in [0.4, 0.5) is 5.82 Å². The van der Waals surface area contributed by atoms with Gasteiger partial charge in [0.1, 0.15) is 11.3 Å². The number of fused-ring (bicyclic) bond motifs is 2. The lowest BCUT2D eigenvalue weighted by atomic mass is 10.1. The van der Waals surface area contributed by atoms with E-state index in [4.69, 9.17) is 11.6 Å². The zero-order valence-corrected chi connectivity index (χ0v) is 15.3. The van der Waals surface area contributed by atoms with Crippen LogP contribution in [-0.4, -0.2) is 14.5 Å². The van der Waals surface area contributed by atoms with Crippen molar-refractivity contribution in [2.75, 3.05) is 0 Å². The smallest absolute Gasteiger partial charge is 0.272 e. The van der Waals surface area contributed by atoms with Gasteiger partial charge in [-0.1, -0.05) is 40.5 Å². The average molecular weight is 381 g/mol. The Bertz CT molecular complexity index is 997. The Hall–Kier alpha value is -2.19. The van der Waals surface area contributed by atoms with E-state index in [1.54, 1.807) is 0 Å². The summed E-state index contributed by atoms with van der Waals surface area (Å²) in [5.74, 6) is 1.49. The predicted octanol–water partition coefficient (Wildman–Crippen LogP) is 5.15. The van der Waals surface area contributed by atoms with Crippen molar-refractivity contribution >= 4 is 32.9 Å². The molecule has 1 aromatic carbocycles. The maximum absolute atomic E-state index is 7.32. The van der Waals surface area contributed by atoms with Crippen LogP contribution in [0.5, 0.6) is 0 Å². The molecule has 0 bridgehead atoms. The Labute approximate surface area is 149 Å². The molecule has 0 fully saturated rings. The first-order valence-electron chi connectivity index (χ1n) is 8.16. The summed E-state index contributed by atoms with van der Waals surface area (Å²) < 4.78 is 3.38. The highest BCUT2D eigenvalue weighted by atomic mass is 79.9. The summed E-state index contributed by atoms with van der Waals surface area (Å²) in [6, 6.07) is 8.59. The molecule has 2 heterocycles. The molecular weight excluding hydrogens is 364 g/mol. The van der Waals surface area contributed by atoms with Crippen LogP contribution in [0.25, 0.3) is 16.0 Å². The van der Waals surface area contributed by atoms with Crippen molar-refractivity contribution in [2.24, 2.45) is 0 Å². The number of pyridine rings is 1. The number of benzene rings is 1. The summed E-state index contributed by atoms with van der Waals surface area (Å²) in [6.07, 6.45) is 2.96. The lowest BCUT2D eigenvalue weighted by Gasteiger charge is -2.16. The molecule has 0 aliphatic heterocycles. The fourth-order valence-electron chi connectivity index (χ4n) is 3.71. The second kappa shape index (κ2) is 5.71. The first kappa shape index (κ1) is 15.3. The number of rotatable bonds is 2. The van der Waals surface area contributed by atoms with Crippen molar-refractivity contribution in [1.82, 2.24) is 14.5 Å². The fraction of sp³-hybridized carbons (Fsp3) is 0.316. The molecule has 0 saturated carbocycles. The predicted molar refractivity (Wildman–Crippen MR) is 98.5 cm³/mol. The lowest BCUT2D eigenvalue weighted by molar-refractivity contribution is 0.567. The Kier molecular flexibility index (Phi) is 3.65. The number of hydrogen-bond acceptors (Lipinski definition) is 2. The van der Waals surface area contributed by atoms with Crippen LogP contribution in [0, 0.1) is 13.5 Å². The quantitative estimate of drug-likeness (QED) is 0.576. The summed E-state index contributed by atoms with van der Waals surface area (Å²) in [5, 5.41) is 0. The van der Waals surface area contributed by atoms with Crippen molar-refractivity contribution in [1.29, 1.82) is 0 Å². The van der Waals surface area contributed by atoms with Crippen molar-refractivity contribution in [2.45, 2.75) is 39.2 Å². The van der Waals surface area contributed by atoms with E-state index in [0.717, 1.165) is 46.3 Å². The molecule has 0 spiro atoms. The van der Waals surface area contributed by atoms with E-state index in [1.807, 2.05) is 13.0 Å². The summed E-state index contributed by atoms with van der Waals surface area (Å²) in [4.78, 5) is 13.0. The monoisotopic (exact) mass is 380 g/mol. The van der Waals surface area contributed by atoms with Gasteiger partial charge in [0, 0.05) is 10.9 Å². The zero-order valence-electron chi connectivity index (χ0n) is 13.7. The highest BCUT2D eigenvalue weighted by Crippen LogP contribution is 2.39. The van der Waals surface area contributed by atoms with Crippen LogP contribution in [0.2, 0.25) is 0 Å². The van der Waals surface area contributed by atoms with Crippen LogP contribution >= 0.6 is 15.9 Å².